The van der Waals surface area contributed by atoms with Crippen LogP contribution in [0.15, 0.2) is 83.9 Å². The number of methoxy groups -OCH3 is 1. The van der Waals surface area contributed by atoms with Gasteiger partial charge in [0.25, 0.3) is 0 Å². The van der Waals surface area contributed by atoms with Crippen LogP contribution in [0.25, 0.3) is 17.1 Å². The number of carbonyl (C=O) groups is 1. The van der Waals surface area contributed by atoms with Crippen molar-refractivity contribution >= 4 is 29.0 Å². The molecule has 0 unspecified atom stereocenters. The number of benzene rings is 2. The lowest BCUT2D eigenvalue weighted by Crippen LogP contribution is -2.31. The van der Waals surface area contributed by atoms with Crippen molar-refractivity contribution in [3.63, 3.8) is 0 Å². The topological polar surface area (TPSA) is 60.3 Å². The lowest BCUT2D eigenvalue weighted by Gasteiger charge is -2.20. The Morgan fingerprint density at radius 1 is 1.15 bits per heavy atom. The summed E-state index contributed by atoms with van der Waals surface area (Å²) in [6.45, 7) is 6.92. The lowest BCUT2D eigenvalue weighted by molar-refractivity contribution is -0.128. The molecule has 0 N–H and O–H groups in total. The Hall–Kier alpha value is -3.36. The Bertz CT molecular complexity index is 1250. The van der Waals surface area contributed by atoms with Crippen LogP contribution >= 0.6 is 23.1 Å². The number of rotatable bonds is 10. The summed E-state index contributed by atoms with van der Waals surface area (Å²) in [5.41, 5.74) is 2.92. The third-order valence-electron chi connectivity index (χ3n) is 5.23. The summed E-state index contributed by atoms with van der Waals surface area (Å²) in [6, 6.07) is 19.9. The van der Waals surface area contributed by atoms with Crippen molar-refractivity contribution in [2.24, 2.45) is 0 Å². The van der Waals surface area contributed by atoms with Crippen LogP contribution < -0.4 is 4.74 Å². The molecule has 2 heterocycles. The van der Waals surface area contributed by atoms with E-state index in [1.807, 2.05) is 77.5 Å². The van der Waals surface area contributed by atoms with Crippen molar-refractivity contribution in [3.05, 3.63) is 89.1 Å². The largest absolute Gasteiger partial charge is 0.496 e. The first kappa shape index (κ1) is 23.8. The number of hydrogen-bond donors (Lipinski definition) is 0. The van der Waals surface area contributed by atoms with E-state index in [4.69, 9.17) is 4.74 Å². The molecule has 4 rings (SSSR count). The molecule has 0 bridgehead atoms. The van der Waals surface area contributed by atoms with Crippen molar-refractivity contribution in [2.75, 3.05) is 19.4 Å². The monoisotopic (exact) mass is 490 g/mol. The number of thioether (sulfide) groups is 1. The van der Waals surface area contributed by atoms with E-state index in [1.165, 1.54) is 11.8 Å². The summed E-state index contributed by atoms with van der Waals surface area (Å²) < 4.78 is 7.55. The molecule has 34 heavy (non-hydrogen) atoms. The minimum absolute atomic E-state index is 0.0237. The van der Waals surface area contributed by atoms with Gasteiger partial charge in [0.05, 0.1) is 25.0 Å². The molecule has 0 atom stereocenters. The maximum absolute atomic E-state index is 13.1. The zero-order valence-electron chi connectivity index (χ0n) is 19.2. The van der Waals surface area contributed by atoms with Gasteiger partial charge in [-0.3, -0.25) is 9.36 Å². The second-order valence-corrected chi connectivity index (χ2v) is 9.58. The number of nitrogens with zero attached hydrogens (tertiary/aromatic N) is 4. The van der Waals surface area contributed by atoms with Gasteiger partial charge < -0.3 is 9.64 Å². The van der Waals surface area contributed by atoms with Crippen LogP contribution in [0.5, 0.6) is 5.75 Å². The van der Waals surface area contributed by atoms with Gasteiger partial charge in [0.1, 0.15) is 5.75 Å². The molecule has 8 heteroatoms. The number of carbonyl (C=O) groups excluding carboxylic acids is 1. The van der Waals surface area contributed by atoms with Gasteiger partial charge in [-0.05, 0) is 42.6 Å². The smallest absolute Gasteiger partial charge is 0.233 e. The average molecular weight is 491 g/mol. The number of hydrogen-bond acceptors (Lipinski definition) is 6. The second-order valence-electron chi connectivity index (χ2n) is 7.61. The molecule has 174 valence electrons. The maximum atomic E-state index is 13.1. The fraction of sp³-hybridized carbons (Fsp3) is 0.192. The number of ether oxygens (including phenoxy) is 1. The molecule has 0 aliphatic carbocycles. The number of thiophene rings is 1. The number of para-hydroxylation sites is 1. The van der Waals surface area contributed by atoms with Crippen LogP contribution in [0.2, 0.25) is 0 Å². The molecule has 0 saturated carbocycles. The molecule has 0 saturated heterocycles. The molecule has 2 aromatic carbocycles. The van der Waals surface area contributed by atoms with Gasteiger partial charge in [-0.15, -0.1) is 28.1 Å². The van der Waals surface area contributed by atoms with Crippen LogP contribution in [0.4, 0.5) is 0 Å². The van der Waals surface area contributed by atoms with Crippen LogP contribution in [0.1, 0.15) is 10.4 Å². The van der Waals surface area contributed by atoms with Crippen molar-refractivity contribution in [1.82, 2.24) is 19.7 Å². The molecular weight excluding hydrogens is 464 g/mol. The minimum atomic E-state index is 0.0237. The van der Waals surface area contributed by atoms with E-state index >= 15 is 0 Å². The SMILES string of the molecule is C=CCN(Cc1cccs1)C(=O)CSc1nnc(-c2ccccc2OC)n1-c1ccc(C)cc1. The van der Waals surface area contributed by atoms with Gasteiger partial charge in [0.15, 0.2) is 11.0 Å². The normalized spacial score (nSPS) is 10.8. The van der Waals surface area contributed by atoms with E-state index in [2.05, 4.69) is 16.8 Å². The predicted octanol–water partition coefficient (Wildman–Crippen LogP) is 5.62. The molecule has 0 aliphatic rings. The van der Waals surface area contributed by atoms with Gasteiger partial charge in [0, 0.05) is 17.1 Å². The molecule has 4 aromatic rings. The Labute approximate surface area is 207 Å². The van der Waals surface area contributed by atoms with Crippen molar-refractivity contribution in [3.8, 4) is 22.8 Å². The predicted molar refractivity (Wildman–Crippen MR) is 139 cm³/mol. The molecule has 0 fully saturated rings. The molecule has 1 amide bonds. The highest BCUT2D eigenvalue weighted by Crippen LogP contribution is 2.33. The number of aryl methyl sites for hydroxylation is 1. The van der Waals surface area contributed by atoms with E-state index < -0.39 is 0 Å². The summed E-state index contributed by atoms with van der Waals surface area (Å²) in [5, 5.41) is 11.6. The Kier molecular flexibility index (Phi) is 7.82. The molecule has 2 aromatic heterocycles. The second kappa shape index (κ2) is 11.2. The molecule has 0 spiro atoms. The summed E-state index contributed by atoms with van der Waals surface area (Å²) in [7, 11) is 1.64. The maximum Gasteiger partial charge on any atom is 0.233 e. The Balaban J connectivity index is 1.63. The summed E-state index contributed by atoms with van der Waals surface area (Å²) in [6.07, 6.45) is 1.75. The molecular formula is C26H26N4O2S2. The van der Waals surface area contributed by atoms with Crippen LogP contribution in [0, 0.1) is 6.92 Å². The van der Waals surface area contributed by atoms with E-state index in [1.54, 1.807) is 29.4 Å². The van der Waals surface area contributed by atoms with Gasteiger partial charge in [0.2, 0.25) is 5.91 Å². The quantitative estimate of drug-likeness (QED) is 0.213. The fourth-order valence-corrected chi connectivity index (χ4v) is 5.09. The summed E-state index contributed by atoms with van der Waals surface area (Å²) in [4.78, 5) is 16.0. The summed E-state index contributed by atoms with van der Waals surface area (Å²) in [5.74, 6) is 1.65. The van der Waals surface area contributed by atoms with Gasteiger partial charge >= 0.3 is 0 Å². The van der Waals surface area contributed by atoms with Crippen molar-refractivity contribution < 1.29 is 9.53 Å². The van der Waals surface area contributed by atoms with Crippen LogP contribution in [-0.2, 0) is 11.3 Å². The zero-order valence-corrected chi connectivity index (χ0v) is 20.8. The first-order chi connectivity index (χ1) is 16.6. The van der Waals surface area contributed by atoms with E-state index in [-0.39, 0.29) is 11.7 Å². The van der Waals surface area contributed by atoms with Crippen LogP contribution in [-0.4, -0.2) is 45.0 Å². The minimum Gasteiger partial charge on any atom is -0.496 e. The highest BCUT2D eigenvalue weighted by molar-refractivity contribution is 7.99. The van der Waals surface area contributed by atoms with Gasteiger partial charge in [-0.25, -0.2) is 0 Å². The highest BCUT2D eigenvalue weighted by atomic mass is 32.2. The molecule has 6 nitrogen and oxygen atoms in total. The third kappa shape index (κ3) is 5.40. The standard InChI is InChI=1S/C26H26N4O2S2/c1-4-15-29(17-21-8-7-16-33-21)24(31)18-34-26-28-27-25(22-9-5-6-10-23(22)32-3)30(26)20-13-11-19(2)12-14-20/h4-14,16H,1,15,17-18H2,2-3H3. The van der Waals surface area contributed by atoms with Crippen molar-refractivity contribution in [2.45, 2.75) is 18.6 Å². The summed E-state index contributed by atoms with van der Waals surface area (Å²) >= 11 is 3.02. The highest BCUT2D eigenvalue weighted by Gasteiger charge is 2.21. The average Bonchev–Trinajstić information content (AvgIpc) is 3.53. The third-order valence-corrected chi connectivity index (χ3v) is 7.00. The lowest BCUT2D eigenvalue weighted by atomic mass is 10.1. The zero-order chi connectivity index (χ0) is 23.9. The van der Waals surface area contributed by atoms with Gasteiger partial charge in [-0.2, -0.15) is 0 Å². The Morgan fingerprint density at radius 3 is 2.65 bits per heavy atom. The molecule has 0 radical (unpaired) electrons. The van der Waals surface area contributed by atoms with Crippen molar-refractivity contribution in [1.29, 1.82) is 0 Å². The fourth-order valence-electron chi connectivity index (χ4n) is 3.51. The Morgan fingerprint density at radius 2 is 1.94 bits per heavy atom. The first-order valence-corrected chi connectivity index (χ1v) is 12.7. The van der Waals surface area contributed by atoms with E-state index in [0.29, 0.717) is 29.8 Å². The van der Waals surface area contributed by atoms with E-state index in [9.17, 15) is 4.79 Å². The van der Waals surface area contributed by atoms with Gasteiger partial charge in [-0.1, -0.05) is 53.7 Å². The first-order valence-electron chi connectivity index (χ1n) is 10.8. The van der Waals surface area contributed by atoms with Crippen LogP contribution in [0.3, 0.4) is 0 Å². The number of amides is 1. The molecule has 0 aliphatic heterocycles. The number of aromatic nitrogens is 3. The van der Waals surface area contributed by atoms with E-state index in [0.717, 1.165) is 21.7 Å².